The molecular formula is C21H35IN4O2S. The summed E-state index contributed by atoms with van der Waals surface area (Å²) in [7, 11) is -1.18. The van der Waals surface area contributed by atoms with Crippen molar-refractivity contribution in [1.82, 2.24) is 15.5 Å². The van der Waals surface area contributed by atoms with Crippen molar-refractivity contribution in [2.75, 3.05) is 31.6 Å². The van der Waals surface area contributed by atoms with E-state index >= 15 is 0 Å². The molecule has 1 aromatic carbocycles. The molecule has 0 bridgehead atoms. The van der Waals surface area contributed by atoms with Gasteiger partial charge < -0.3 is 10.6 Å². The van der Waals surface area contributed by atoms with Crippen LogP contribution in [0.3, 0.4) is 0 Å². The van der Waals surface area contributed by atoms with Crippen molar-refractivity contribution >= 4 is 39.8 Å². The normalized spacial score (nSPS) is 27.3. The lowest BCUT2D eigenvalue weighted by Gasteiger charge is -2.35. The van der Waals surface area contributed by atoms with Gasteiger partial charge in [0, 0.05) is 39.3 Å². The molecule has 2 heterocycles. The molecule has 2 N–H and O–H groups in total. The molecule has 3 atom stereocenters. The van der Waals surface area contributed by atoms with Gasteiger partial charge in [-0.25, -0.2) is 8.42 Å². The number of hydrogen-bond acceptors (Lipinski definition) is 4. The predicted octanol–water partition coefficient (Wildman–Crippen LogP) is 2.63. The molecular weight excluding hydrogens is 499 g/mol. The Kier molecular flexibility index (Phi) is 9.21. The molecule has 0 saturated carbocycles. The van der Waals surface area contributed by atoms with Crippen LogP contribution in [-0.4, -0.2) is 57.0 Å². The molecule has 8 heteroatoms. The highest BCUT2D eigenvalue weighted by Crippen LogP contribution is 2.23. The first-order valence-electron chi connectivity index (χ1n) is 10.3. The van der Waals surface area contributed by atoms with Gasteiger partial charge in [0.15, 0.2) is 15.8 Å². The van der Waals surface area contributed by atoms with Crippen LogP contribution in [0.4, 0.5) is 0 Å². The number of hydrogen-bond donors (Lipinski definition) is 2. The van der Waals surface area contributed by atoms with Gasteiger partial charge in [0.2, 0.25) is 0 Å². The number of sulfone groups is 1. The third kappa shape index (κ3) is 7.40. The SMILES string of the molecule is CN=C(NCc1ccccc1CN1CC(C)CC(C)C1)NC1CCS(=O)(=O)C1.I. The second-order valence-corrected chi connectivity index (χ2v) is 10.8. The monoisotopic (exact) mass is 534 g/mol. The molecule has 29 heavy (non-hydrogen) atoms. The van der Waals surface area contributed by atoms with Crippen LogP contribution in [0, 0.1) is 11.8 Å². The fourth-order valence-corrected chi connectivity index (χ4v) is 6.20. The van der Waals surface area contributed by atoms with E-state index in [1.807, 2.05) is 0 Å². The van der Waals surface area contributed by atoms with E-state index in [0.717, 1.165) is 31.5 Å². The van der Waals surface area contributed by atoms with E-state index in [4.69, 9.17) is 0 Å². The van der Waals surface area contributed by atoms with Gasteiger partial charge in [-0.3, -0.25) is 9.89 Å². The van der Waals surface area contributed by atoms with E-state index in [9.17, 15) is 8.42 Å². The molecule has 2 aliphatic rings. The topological polar surface area (TPSA) is 73.8 Å². The van der Waals surface area contributed by atoms with Crippen LogP contribution in [0.25, 0.3) is 0 Å². The molecule has 6 nitrogen and oxygen atoms in total. The summed E-state index contributed by atoms with van der Waals surface area (Å²) in [5.74, 6) is 2.61. The summed E-state index contributed by atoms with van der Waals surface area (Å²) in [5, 5.41) is 6.61. The third-order valence-corrected chi connectivity index (χ3v) is 7.47. The van der Waals surface area contributed by atoms with Crippen LogP contribution >= 0.6 is 24.0 Å². The molecule has 0 radical (unpaired) electrons. The lowest BCUT2D eigenvalue weighted by atomic mass is 9.91. The second kappa shape index (κ2) is 10.9. The lowest BCUT2D eigenvalue weighted by molar-refractivity contribution is 0.134. The molecule has 1 aromatic rings. The highest BCUT2D eigenvalue weighted by Gasteiger charge is 2.28. The summed E-state index contributed by atoms with van der Waals surface area (Å²) in [6.45, 7) is 8.65. The molecule has 2 saturated heterocycles. The predicted molar refractivity (Wildman–Crippen MR) is 130 cm³/mol. The van der Waals surface area contributed by atoms with E-state index in [1.165, 1.54) is 17.5 Å². The molecule has 0 spiro atoms. The standard InChI is InChI=1S/C21H34N4O2S.HI/c1-16-10-17(2)13-25(12-16)14-19-7-5-4-6-18(19)11-23-21(22-3)24-20-8-9-28(26,27)15-20;/h4-7,16-17,20H,8-15H2,1-3H3,(H2,22,23,24);1H. The van der Waals surface area contributed by atoms with E-state index < -0.39 is 9.84 Å². The number of nitrogens with zero attached hydrogens (tertiary/aromatic N) is 2. The molecule has 164 valence electrons. The fourth-order valence-electron chi connectivity index (χ4n) is 4.52. The van der Waals surface area contributed by atoms with Crippen molar-refractivity contribution in [3.8, 4) is 0 Å². The largest absolute Gasteiger partial charge is 0.353 e. The maximum atomic E-state index is 11.7. The van der Waals surface area contributed by atoms with Crippen LogP contribution < -0.4 is 10.6 Å². The van der Waals surface area contributed by atoms with Gasteiger partial charge in [0.05, 0.1) is 11.5 Å². The van der Waals surface area contributed by atoms with Gasteiger partial charge in [-0.2, -0.15) is 0 Å². The smallest absolute Gasteiger partial charge is 0.191 e. The van der Waals surface area contributed by atoms with Gasteiger partial charge in [0.1, 0.15) is 0 Å². The number of likely N-dealkylation sites (tertiary alicyclic amines) is 1. The van der Waals surface area contributed by atoms with Crippen molar-refractivity contribution in [3.63, 3.8) is 0 Å². The summed E-state index contributed by atoms with van der Waals surface area (Å²) >= 11 is 0. The summed E-state index contributed by atoms with van der Waals surface area (Å²) in [4.78, 5) is 6.83. The first-order valence-corrected chi connectivity index (χ1v) is 12.1. The molecule has 0 amide bonds. The number of guanidine groups is 1. The van der Waals surface area contributed by atoms with Crippen LogP contribution in [0.1, 0.15) is 37.8 Å². The number of benzene rings is 1. The Labute approximate surface area is 192 Å². The number of aliphatic imine (C=N–C) groups is 1. The maximum absolute atomic E-state index is 11.7. The zero-order valence-corrected chi connectivity index (χ0v) is 20.9. The number of nitrogens with one attached hydrogen (secondary N) is 2. The molecule has 2 aliphatic heterocycles. The number of halogens is 1. The van der Waals surface area contributed by atoms with Gasteiger partial charge in [0.25, 0.3) is 0 Å². The van der Waals surface area contributed by atoms with E-state index in [0.29, 0.717) is 18.9 Å². The van der Waals surface area contributed by atoms with Crippen molar-refractivity contribution in [2.45, 2.75) is 45.8 Å². The van der Waals surface area contributed by atoms with Crippen molar-refractivity contribution < 1.29 is 8.42 Å². The first-order chi connectivity index (χ1) is 13.3. The van der Waals surface area contributed by atoms with Crippen molar-refractivity contribution in [3.05, 3.63) is 35.4 Å². The molecule has 2 fully saturated rings. The zero-order valence-electron chi connectivity index (χ0n) is 17.7. The van der Waals surface area contributed by atoms with Crippen LogP contribution in [-0.2, 0) is 22.9 Å². The first kappa shape index (κ1) is 24.4. The Bertz CT molecular complexity index is 790. The zero-order chi connectivity index (χ0) is 20.1. The minimum atomic E-state index is -2.90. The number of piperidine rings is 1. The van der Waals surface area contributed by atoms with Gasteiger partial charge in [-0.1, -0.05) is 38.1 Å². The Morgan fingerprint density at radius 3 is 2.41 bits per heavy atom. The Morgan fingerprint density at radius 1 is 1.17 bits per heavy atom. The summed E-state index contributed by atoms with van der Waals surface area (Å²) in [6.07, 6.45) is 1.96. The summed E-state index contributed by atoms with van der Waals surface area (Å²) < 4.78 is 23.3. The average molecular weight is 535 g/mol. The Balaban J connectivity index is 0.00000300. The van der Waals surface area contributed by atoms with Crippen molar-refractivity contribution in [2.24, 2.45) is 16.8 Å². The summed E-state index contributed by atoms with van der Waals surface area (Å²) in [6, 6.07) is 8.49. The highest BCUT2D eigenvalue weighted by molar-refractivity contribution is 14.0. The average Bonchev–Trinajstić information content (AvgIpc) is 2.97. The molecule has 0 aliphatic carbocycles. The van der Waals surface area contributed by atoms with Crippen LogP contribution in [0.15, 0.2) is 29.3 Å². The quantitative estimate of drug-likeness (QED) is 0.345. The number of rotatable bonds is 5. The summed E-state index contributed by atoms with van der Waals surface area (Å²) in [5.41, 5.74) is 2.60. The van der Waals surface area contributed by atoms with E-state index in [-0.39, 0.29) is 41.5 Å². The van der Waals surface area contributed by atoms with Gasteiger partial charge >= 0.3 is 0 Å². The third-order valence-electron chi connectivity index (χ3n) is 5.70. The van der Waals surface area contributed by atoms with Crippen LogP contribution in [0.5, 0.6) is 0 Å². The van der Waals surface area contributed by atoms with E-state index in [1.54, 1.807) is 7.05 Å². The molecule has 3 rings (SSSR count). The second-order valence-electron chi connectivity index (χ2n) is 8.58. The minimum Gasteiger partial charge on any atom is -0.353 e. The molecule has 3 unspecified atom stereocenters. The highest BCUT2D eigenvalue weighted by atomic mass is 127. The van der Waals surface area contributed by atoms with Crippen LogP contribution in [0.2, 0.25) is 0 Å². The molecule has 0 aromatic heterocycles. The Hall–Kier alpha value is -0.870. The maximum Gasteiger partial charge on any atom is 0.191 e. The lowest BCUT2D eigenvalue weighted by Crippen LogP contribution is -2.43. The fraction of sp³-hybridized carbons (Fsp3) is 0.667. The minimum absolute atomic E-state index is 0. The van der Waals surface area contributed by atoms with Gasteiger partial charge in [-0.05, 0) is 35.8 Å². The Morgan fingerprint density at radius 2 is 1.83 bits per heavy atom. The van der Waals surface area contributed by atoms with Crippen molar-refractivity contribution in [1.29, 1.82) is 0 Å². The van der Waals surface area contributed by atoms with Gasteiger partial charge in [-0.15, -0.1) is 24.0 Å². The van der Waals surface area contributed by atoms with E-state index in [2.05, 4.69) is 58.6 Å².